The summed E-state index contributed by atoms with van der Waals surface area (Å²) >= 11 is 3.04. The predicted molar refractivity (Wildman–Crippen MR) is 129 cm³/mol. The molecule has 4 rings (SSSR count). The molecule has 0 atom stereocenters. The van der Waals surface area contributed by atoms with Crippen LogP contribution in [-0.2, 0) is 16.4 Å². The summed E-state index contributed by atoms with van der Waals surface area (Å²) in [5.74, 6) is 0.348. The number of benzene rings is 2. The Morgan fingerprint density at radius 2 is 1.88 bits per heavy atom. The number of thiazole rings is 1. The van der Waals surface area contributed by atoms with Gasteiger partial charge in [-0.15, -0.1) is 11.8 Å². The first-order chi connectivity index (χ1) is 15.3. The van der Waals surface area contributed by atoms with Crippen LogP contribution >= 0.6 is 23.1 Å². The van der Waals surface area contributed by atoms with E-state index in [-0.39, 0.29) is 17.3 Å². The lowest BCUT2D eigenvalue weighted by molar-refractivity contribution is 0.0983. The van der Waals surface area contributed by atoms with Crippen molar-refractivity contribution in [2.75, 3.05) is 11.2 Å². The van der Waals surface area contributed by atoms with Gasteiger partial charge >= 0.3 is 0 Å². The van der Waals surface area contributed by atoms with E-state index in [4.69, 9.17) is 9.40 Å². The third kappa shape index (κ3) is 4.32. The average Bonchev–Trinajstić information content (AvgIpc) is 3.46. The normalized spacial score (nSPS) is 11.9. The number of carbonyl (C=O) groups is 1. The second-order valence-electron chi connectivity index (χ2n) is 7.39. The van der Waals surface area contributed by atoms with Crippen molar-refractivity contribution in [1.29, 1.82) is 0 Å². The molecule has 0 spiro atoms. The number of rotatable bonds is 7. The topological polar surface area (TPSA) is 80.5 Å². The lowest BCUT2D eigenvalue weighted by Crippen LogP contribution is -2.30. The van der Waals surface area contributed by atoms with E-state index in [0.29, 0.717) is 16.5 Å². The van der Waals surface area contributed by atoms with Crippen LogP contribution < -0.4 is 4.90 Å². The van der Waals surface area contributed by atoms with Gasteiger partial charge in [0.25, 0.3) is 5.91 Å². The van der Waals surface area contributed by atoms with Gasteiger partial charge in [-0.1, -0.05) is 17.4 Å². The minimum atomic E-state index is -3.41. The highest BCUT2D eigenvalue weighted by Gasteiger charge is 2.25. The van der Waals surface area contributed by atoms with Gasteiger partial charge in [0.1, 0.15) is 5.76 Å². The molecule has 0 saturated heterocycles. The van der Waals surface area contributed by atoms with Crippen LogP contribution in [0, 0.1) is 0 Å². The quantitative estimate of drug-likeness (QED) is 0.315. The molecule has 166 valence electrons. The van der Waals surface area contributed by atoms with Crippen LogP contribution in [-0.4, -0.2) is 30.8 Å². The van der Waals surface area contributed by atoms with Gasteiger partial charge in [-0.3, -0.25) is 9.69 Å². The molecule has 6 nitrogen and oxygen atoms in total. The van der Waals surface area contributed by atoms with Crippen LogP contribution in [0.2, 0.25) is 0 Å². The number of furan rings is 1. The van der Waals surface area contributed by atoms with Gasteiger partial charge in [0.2, 0.25) is 0 Å². The molecule has 0 radical (unpaired) electrons. The third-order valence-electron chi connectivity index (χ3n) is 5.01. The third-order valence-corrected chi connectivity index (χ3v) is 8.99. The van der Waals surface area contributed by atoms with Crippen LogP contribution in [0.5, 0.6) is 0 Å². The Hall–Kier alpha value is -2.62. The van der Waals surface area contributed by atoms with E-state index in [2.05, 4.69) is 0 Å². The van der Waals surface area contributed by atoms with E-state index in [1.807, 2.05) is 24.5 Å². The van der Waals surface area contributed by atoms with Gasteiger partial charge in [-0.25, -0.2) is 13.4 Å². The summed E-state index contributed by atoms with van der Waals surface area (Å²) in [6.07, 6.45) is 3.56. The van der Waals surface area contributed by atoms with Crippen LogP contribution in [0.4, 0.5) is 5.13 Å². The van der Waals surface area contributed by atoms with E-state index >= 15 is 0 Å². The van der Waals surface area contributed by atoms with Crippen LogP contribution in [0.15, 0.2) is 75.1 Å². The number of sulfone groups is 1. The van der Waals surface area contributed by atoms with E-state index in [1.54, 1.807) is 61.0 Å². The molecule has 0 aliphatic rings. The fourth-order valence-electron chi connectivity index (χ4n) is 3.19. The Bertz CT molecular complexity index is 1340. The highest BCUT2D eigenvalue weighted by Crippen LogP contribution is 2.35. The molecule has 2 heterocycles. The fraction of sp³-hybridized carbons (Fsp3) is 0.217. The van der Waals surface area contributed by atoms with E-state index in [1.165, 1.54) is 23.5 Å². The molecule has 4 aromatic rings. The standard InChI is InChI=1S/C23H22N2O4S3/c1-15(2)32(27,28)18-11-9-16(10-12-18)22(26)25(14-17-6-5-13-29-17)23-24-21-19(30-3)7-4-8-20(21)31-23/h4-13,15H,14H2,1-3H3. The molecule has 9 heteroatoms. The molecule has 2 aromatic heterocycles. The van der Waals surface area contributed by atoms with Gasteiger partial charge in [0.05, 0.1) is 33.2 Å². The summed E-state index contributed by atoms with van der Waals surface area (Å²) in [5.41, 5.74) is 1.24. The van der Waals surface area contributed by atoms with Crippen molar-refractivity contribution >= 4 is 54.2 Å². The first kappa shape index (κ1) is 22.6. The highest BCUT2D eigenvalue weighted by molar-refractivity contribution is 7.98. The van der Waals surface area contributed by atoms with Gasteiger partial charge in [-0.05, 0) is 68.6 Å². The summed E-state index contributed by atoms with van der Waals surface area (Å²) in [7, 11) is -3.41. The maximum Gasteiger partial charge on any atom is 0.260 e. The van der Waals surface area contributed by atoms with Crippen LogP contribution in [0.3, 0.4) is 0 Å². The number of amides is 1. The van der Waals surface area contributed by atoms with Crippen LogP contribution in [0.1, 0.15) is 30.0 Å². The van der Waals surface area contributed by atoms with Crippen molar-refractivity contribution in [3.05, 3.63) is 72.2 Å². The number of nitrogens with zero attached hydrogens (tertiary/aromatic N) is 2. The largest absolute Gasteiger partial charge is 0.467 e. The Balaban J connectivity index is 1.73. The number of anilines is 1. The molecule has 0 aliphatic carbocycles. The summed E-state index contributed by atoms with van der Waals surface area (Å²) in [6.45, 7) is 3.48. The Kier molecular flexibility index (Phi) is 6.41. The first-order valence-corrected chi connectivity index (χ1v) is 13.5. The number of fused-ring (bicyclic) bond motifs is 1. The van der Waals surface area contributed by atoms with Crippen molar-refractivity contribution in [2.24, 2.45) is 0 Å². The highest BCUT2D eigenvalue weighted by atomic mass is 32.2. The molecule has 32 heavy (non-hydrogen) atoms. The Morgan fingerprint density at radius 3 is 2.50 bits per heavy atom. The Labute approximate surface area is 195 Å². The van der Waals surface area contributed by atoms with Gasteiger partial charge in [0.15, 0.2) is 15.0 Å². The van der Waals surface area contributed by atoms with Gasteiger partial charge in [-0.2, -0.15) is 0 Å². The first-order valence-electron chi connectivity index (χ1n) is 9.93. The number of hydrogen-bond donors (Lipinski definition) is 0. The minimum absolute atomic E-state index is 0.200. The van der Waals surface area contributed by atoms with Crippen molar-refractivity contribution < 1.29 is 17.6 Å². The van der Waals surface area contributed by atoms with Crippen molar-refractivity contribution in [2.45, 2.75) is 35.4 Å². The van der Waals surface area contributed by atoms with E-state index < -0.39 is 15.1 Å². The molecule has 0 fully saturated rings. The monoisotopic (exact) mass is 486 g/mol. The summed E-state index contributed by atoms with van der Waals surface area (Å²) < 4.78 is 31.3. The lowest BCUT2D eigenvalue weighted by Gasteiger charge is -2.19. The van der Waals surface area contributed by atoms with Crippen molar-refractivity contribution in [3.8, 4) is 0 Å². The molecule has 0 unspecified atom stereocenters. The summed E-state index contributed by atoms with van der Waals surface area (Å²) in [6, 6.07) is 15.6. The molecule has 0 aliphatic heterocycles. The number of hydrogen-bond acceptors (Lipinski definition) is 7. The molecular formula is C23H22N2O4S3. The summed E-state index contributed by atoms with van der Waals surface area (Å²) in [5, 5.41) is 0.0228. The fourth-order valence-corrected chi connectivity index (χ4v) is 5.87. The van der Waals surface area contributed by atoms with Crippen molar-refractivity contribution in [3.63, 3.8) is 0 Å². The molecule has 0 N–H and O–H groups in total. The van der Waals surface area contributed by atoms with E-state index in [9.17, 15) is 13.2 Å². The average molecular weight is 487 g/mol. The zero-order valence-corrected chi connectivity index (χ0v) is 20.3. The maximum atomic E-state index is 13.5. The molecule has 0 saturated carbocycles. The summed E-state index contributed by atoms with van der Waals surface area (Å²) in [4.78, 5) is 21.1. The lowest BCUT2D eigenvalue weighted by atomic mass is 10.2. The zero-order chi connectivity index (χ0) is 22.9. The van der Waals surface area contributed by atoms with Crippen molar-refractivity contribution in [1.82, 2.24) is 4.98 Å². The second-order valence-corrected chi connectivity index (χ2v) is 11.8. The molecule has 0 bridgehead atoms. The van der Waals surface area contributed by atoms with Gasteiger partial charge in [0, 0.05) is 10.5 Å². The SMILES string of the molecule is CSc1cccc2sc(N(Cc3ccco3)C(=O)c3ccc(S(=O)(=O)C(C)C)cc3)nc12. The Morgan fingerprint density at radius 1 is 1.12 bits per heavy atom. The smallest absolute Gasteiger partial charge is 0.260 e. The molecule has 2 aromatic carbocycles. The predicted octanol–water partition coefficient (Wildman–Crippen LogP) is 5.64. The number of aromatic nitrogens is 1. The van der Waals surface area contributed by atoms with Crippen LogP contribution in [0.25, 0.3) is 10.2 Å². The minimum Gasteiger partial charge on any atom is -0.467 e. The number of para-hydroxylation sites is 1. The maximum absolute atomic E-state index is 13.5. The number of carbonyl (C=O) groups excluding carboxylic acids is 1. The van der Waals surface area contributed by atoms with E-state index in [0.717, 1.165) is 15.1 Å². The second kappa shape index (κ2) is 9.09. The molecule has 1 amide bonds. The molecular weight excluding hydrogens is 464 g/mol. The zero-order valence-electron chi connectivity index (χ0n) is 17.8. The number of thioether (sulfide) groups is 1. The van der Waals surface area contributed by atoms with Gasteiger partial charge < -0.3 is 4.42 Å².